The first-order valence-electron chi connectivity index (χ1n) is 8.96. The van der Waals surface area contributed by atoms with Gasteiger partial charge in [0.15, 0.2) is 5.96 Å². The van der Waals surface area contributed by atoms with Gasteiger partial charge in [0.2, 0.25) is 0 Å². The second kappa shape index (κ2) is 10.4. The van der Waals surface area contributed by atoms with Crippen LogP contribution in [0.3, 0.4) is 0 Å². The number of hydrogen-bond donors (Lipinski definition) is 2. The number of benzene rings is 1. The molecule has 136 valence electrons. The summed E-state index contributed by atoms with van der Waals surface area (Å²) in [6.07, 6.45) is 4.80. The lowest BCUT2D eigenvalue weighted by atomic mass is 10.2. The zero-order valence-electron chi connectivity index (χ0n) is 15.6. The van der Waals surface area contributed by atoms with Crippen molar-refractivity contribution < 1.29 is 0 Å². The minimum Gasteiger partial charge on any atom is -0.370 e. The van der Waals surface area contributed by atoms with Crippen LogP contribution in [0, 0.1) is 6.92 Å². The zero-order valence-corrected chi connectivity index (χ0v) is 15.6. The average molecular weight is 342 g/mol. The van der Waals surface area contributed by atoms with Gasteiger partial charge in [-0.05, 0) is 44.0 Å². The van der Waals surface area contributed by atoms with E-state index in [1.807, 2.05) is 23.1 Å². The fourth-order valence-electron chi connectivity index (χ4n) is 2.70. The molecule has 0 saturated carbocycles. The van der Waals surface area contributed by atoms with Crippen LogP contribution in [0.2, 0.25) is 0 Å². The van der Waals surface area contributed by atoms with E-state index in [1.54, 1.807) is 7.05 Å². The largest absolute Gasteiger partial charge is 0.370 e. The number of likely N-dealkylation sites (N-methyl/N-ethyl adjacent to an activating group) is 1. The average Bonchev–Trinajstić information content (AvgIpc) is 3.14. The van der Waals surface area contributed by atoms with Gasteiger partial charge in [0.1, 0.15) is 0 Å². The van der Waals surface area contributed by atoms with E-state index in [9.17, 15) is 0 Å². The lowest BCUT2D eigenvalue weighted by molar-refractivity contribution is 0.570. The predicted molar refractivity (Wildman–Crippen MR) is 105 cm³/mol. The van der Waals surface area contributed by atoms with Crippen LogP contribution < -0.4 is 15.5 Å². The topological polar surface area (TPSA) is 57.5 Å². The normalized spacial score (nSPS) is 11.4. The molecule has 1 heterocycles. The third-order valence-electron chi connectivity index (χ3n) is 4.06. The van der Waals surface area contributed by atoms with Gasteiger partial charge in [-0.25, -0.2) is 0 Å². The Morgan fingerprint density at radius 2 is 2.08 bits per heavy atom. The Balaban J connectivity index is 1.69. The summed E-state index contributed by atoms with van der Waals surface area (Å²) in [5.74, 6) is 0.848. The molecule has 6 heteroatoms. The van der Waals surface area contributed by atoms with Gasteiger partial charge in [-0.2, -0.15) is 5.10 Å². The Kier molecular flexibility index (Phi) is 7.82. The van der Waals surface area contributed by atoms with Gasteiger partial charge in [0, 0.05) is 57.9 Å². The summed E-state index contributed by atoms with van der Waals surface area (Å²) in [5.41, 5.74) is 2.56. The standard InChI is InChI=1S/C19H30N6/c1-4-24(18-9-5-8-17(2)16-18)15-12-22-19(20-3)21-10-6-13-25-14-7-11-23-25/h5,7-9,11,14,16H,4,6,10,12-13,15H2,1-3H3,(H2,20,21,22). The summed E-state index contributed by atoms with van der Waals surface area (Å²) in [4.78, 5) is 6.65. The molecule has 0 unspecified atom stereocenters. The van der Waals surface area contributed by atoms with Crippen LogP contribution in [0.15, 0.2) is 47.7 Å². The zero-order chi connectivity index (χ0) is 17.9. The van der Waals surface area contributed by atoms with E-state index < -0.39 is 0 Å². The van der Waals surface area contributed by atoms with Crippen molar-refractivity contribution >= 4 is 11.6 Å². The first-order chi connectivity index (χ1) is 12.2. The van der Waals surface area contributed by atoms with E-state index in [4.69, 9.17) is 0 Å². The number of aryl methyl sites for hydroxylation is 2. The number of rotatable bonds is 9. The van der Waals surface area contributed by atoms with Crippen LogP contribution in [0.4, 0.5) is 5.69 Å². The van der Waals surface area contributed by atoms with Crippen molar-refractivity contribution in [2.75, 3.05) is 38.1 Å². The summed E-state index contributed by atoms with van der Waals surface area (Å²) in [5, 5.41) is 10.9. The van der Waals surface area contributed by atoms with Crippen molar-refractivity contribution in [3.05, 3.63) is 48.3 Å². The van der Waals surface area contributed by atoms with Gasteiger partial charge in [-0.3, -0.25) is 9.67 Å². The van der Waals surface area contributed by atoms with Crippen LogP contribution >= 0.6 is 0 Å². The van der Waals surface area contributed by atoms with E-state index in [0.29, 0.717) is 0 Å². The molecule has 0 aliphatic heterocycles. The SMILES string of the molecule is CCN(CCNC(=NC)NCCCn1cccn1)c1cccc(C)c1. The van der Waals surface area contributed by atoms with Gasteiger partial charge in [0.25, 0.3) is 0 Å². The first-order valence-corrected chi connectivity index (χ1v) is 8.96. The molecule has 0 fully saturated rings. The summed E-state index contributed by atoms with van der Waals surface area (Å²) < 4.78 is 1.94. The Bertz CT molecular complexity index is 635. The second-order valence-corrected chi connectivity index (χ2v) is 5.97. The summed E-state index contributed by atoms with van der Waals surface area (Å²) >= 11 is 0. The quantitative estimate of drug-likeness (QED) is 0.417. The Labute approximate surface area is 151 Å². The van der Waals surface area contributed by atoms with Crippen molar-refractivity contribution in [1.82, 2.24) is 20.4 Å². The molecule has 2 rings (SSSR count). The molecule has 1 aromatic heterocycles. The third kappa shape index (κ3) is 6.49. The number of hydrogen-bond acceptors (Lipinski definition) is 3. The van der Waals surface area contributed by atoms with Crippen molar-refractivity contribution in [3.63, 3.8) is 0 Å². The van der Waals surface area contributed by atoms with Gasteiger partial charge in [-0.15, -0.1) is 0 Å². The summed E-state index contributed by atoms with van der Waals surface area (Å²) in [6, 6.07) is 10.6. The van der Waals surface area contributed by atoms with Crippen molar-refractivity contribution in [2.24, 2.45) is 4.99 Å². The number of nitrogens with one attached hydrogen (secondary N) is 2. The molecule has 0 bridgehead atoms. The number of aromatic nitrogens is 2. The molecule has 0 aliphatic rings. The molecule has 25 heavy (non-hydrogen) atoms. The fourth-order valence-corrected chi connectivity index (χ4v) is 2.70. The highest BCUT2D eigenvalue weighted by molar-refractivity contribution is 5.79. The third-order valence-corrected chi connectivity index (χ3v) is 4.06. The van der Waals surface area contributed by atoms with Gasteiger partial charge in [0.05, 0.1) is 0 Å². The lowest BCUT2D eigenvalue weighted by Gasteiger charge is -2.24. The monoisotopic (exact) mass is 342 g/mol. The first kappa shape index (κ1) is 18.8. The maximum absolute atomic E-state index is 4.29. The molecule has 0 amide bonds. The highest BCUT2D eigenvalue weighted by Crippen LogP contribution is 2.14. The van der Waals surface area contributed by atoms with E-state index in [-0.39, 0.29) is 0 Å². The van der Waals surface area contributed by atoms with Crippen LogP contribution in [-0.4, -0.2) is 49.0 Å². The van der Waals surface area contributed by atoms with Crippen LogP contribution in [0.25, 0.3) is 0 Å². The minimum atomic E-state index is 0.848. The lowest BCUT2D eigenvalue weighted by Crippen LogP contribution is -2.42. The summed E-state index contributed by atoms with van der Waals surface area (Å²) in [7, 11) is 1.81. The highest BCUT2D eigenvalue weighted by Gasteiger charge is 2.05. The van der Waals surface area contributed by atoms with Crippen molar-refractivity contribution in [1.29, 1.82) is 0 Å². The maximum Gasteiger partial charge on any atom is 0.191 e. The van der Waals surface area contributed by atoms with E-state index in [1.165, 1.54) is 11.3 Å². The fraction of sp³-hybridized carbons (Fsp3) is 0.474. The number of anilines is 1. The molecule has 0 radical (unpaired) electrons. The highest BCUT2D eigenvalue weighted by atomic mass is 15.3. The van der Waals surface area contributed by atoms with Crippen molar-refractivity contribution in [3.8, 4) is 0 Å². The molecular weight excluding hydrogens is 312 g/mol. The van der Waals surface area contributed by atoms with E-state index in [2.05, 4.69) is 63.7 Å². The molecule has 0 saturated heterocycles. The van der Waals surface area contributed by atoms with Crippen molar-refractivity contribution in [2.45, 2.75) is 26.8 Å². The molecule has 2 aromatic rings. The molecule has 0 spiro atoms. The Morgan fingerprint density at radius 1 is 1.24 bits per heavy atom. The Hall–Kier alpha value is -2.50. The molecule has 1 aromatic carbocycles. The maximum atomic E-state index is 4.29. The molecular formula is C19H30N6. The predicted octanol–water partition coefficient (Wildman–Crippen LogP) is 2.27. The molecule has 0 aliphatic carbocycles. The molecule has 6 nitrogen and oxygen atoms in total. The van der Waals surface area contributed by atoms with Gasteiger partial charge >= 0.3 is 0 Å². The number of guanidine groups is 1. The van der Waals surface area contributed by atoms with Gasteiger partial charge < -0.3 is 15.5 Å². The van der Waals surface area contributed by atoms with Crippen LogP contribution in [0.1, 0.15) is 18.9 Å². The molecule has 2 N–H and O–H groups in total. The van der Waals surface area contributed by atoms with Crippen LogP contribution in [-0.2, 0) is 6.54 Å². The van der Waals surface area contributed by atoms with E-state index >= 15 is 0 Å². The number of aliphatic imine (C=N–C) groups is 1. The van der Waals surface area contributed by atoms with E-state index in [0.717, 1.165) is 45.1 Å². The second-order valence-electron chi connectivity index (χ2n) is 5.97. The van der Waals surface area contributed by atoms with Gasteiger partial charge in [-0.1, -0.05) is 12.1 Å². The smallest absolute Gasteiger partial charge is 0.191 e. The molecule has 0 atom stereocenters. The number of nitrogens with zero attached hydrogens (tertiary/aromatic N) is 4. The summed E-state index contributed by atoms with van der Waals surface area (Å²) in [6.45, 7) is 8.87. The minimum absolute atomic E-state index is 0.848. The Morgan fingerprint density at radius 3 is 2.76 bits per heavy atom. The van der Waals surface area contributed by atoms with Crippen LogP contribution in [0.5, 0.6) is 0 Å².